The number of nitrogens with zero attached hydrogens (tertiary/aromatic N) is 1. The Kier molecular flexibility index (Phi) is 6.63. The van der Waals surface area contributed by atoms with Gasteiger partial charge in [0.25, 0.3) is 11.8 Å². The van der Waals surface area contributed by atoms with Gasteiger partial charge >= 0.3 is 0 Å². The van der Waals surface area contributed by atoms with E-state index >= 15 is 0 Å². The highest BCUT2D eigenvalue weighted by Crippen LogP contribution is 2.37. The molecule has 0 aromatic heterocycles. The van der Waals surface area contributed by atoms with Crippen LogP contribution in [0.4, 0.5) is 10.1 Å². The van der Waals surface area contributed by atoms with Crippen molar-refractivity contribution in [1.29, 1.82) is 0 Å². The quantitative estimate of drug-likeness (QED) is 0.498. The second-order valence-electron chi connectivity index (χ2n) is 7.92. The number of anilines is 1. The molecule has 3 aromatic carbocycles. The number of benzene rings is 3. The van der Waals surface area contributed by atoms with E-state index in [9.17, 15) is 14.0 Å². The maximum atomic E-state index is 13.5. The molecule has 1 aliphatic heterocycles. The van der Waals surface area contributed by atoms with Gasteiger partial charge in [0.05, 0.1) is 25.5 Å². The van der Waals surface area contributed by atoms with Crippen LogP contribution in [0.3, 0.4) is 0 Å². The summed E-state index contributed by atoms with van der Waals surface area (Å²) in [7, 11) is 3.06. The van der Waals surface area contributed by atoms with Crippen LogP contribution in [0.15, 0.2) is 72.4 Å². The maximum Gasteiger partial charge on any atom is 0.278 e. The predicted octanol–water partition coefficient (Wildman–Crippen LogP) is 4.59. The Labute approximate surface area is 197 Å². The zero-order valence-electron chi connectivity index (χ0n) is 19.2. The minimum absolute atomic E-state index is 0.150. The van der Waals surface area contributed by atoms with Crippen LogP contribution in [0, 0.1) is 12.7 Å². The summed E-state index contributed by atoms with van der Waals surface area (Å²) in [4.78, 5) is 28.3. The molecule has 0 aliphatic carbocycles. The minimum Gasteiger partial charge on any atom is -0.496 e. The molecule has 0 saturated carbocycles. The van der Waals surface area contributed by atoms with Gasteiger partial charge < -0.3 is 14.8 Å². The molecule has 174 valence electrons. The molecule has 2 amide bonds. The summed E-state index contributed by atoms with van der Waals surface area (Å²) in [5.74, 6) is -0.185. The van der Waals surface area contributed by atoms with Crippen molar-refractivity contribution in [3.8, 4) is 11.5 Å². The molecule has 1 N–H and O–H groups in total. The van der Waals surface area contributed by atoms with Crippen molar-refractivity contribution in [2.45, 2.75) is 13.3 Å². The SMILES string of the molecule is COc1ccc(C)cc1NC1=C(c2ccccc2OC)C(=O)N(CCc2ccc(F)cc2)C1=O. The normalized spacial score (nSPS) is 13.5. The third-order valence-electron chi connectivity index (χ3n) is 5.70. The van der Waals surface area contributed by atoms with E-state index < -0.39 is 11.8 Å². The molecule has 0 saturated heterocycles. The van der Waals surface area contributed by atoms with Crippen LogP contribution in [0.5, 0.6) is 11.5 Å². The van der Waals surface area contributed by atoms with Crippen molar-refractivity contribution in [2.75, 3.05) is 26.1 Å². The first-order chi connectivity index (χ1) is 16.4. The van der Waals surface area contributed by atoms with Gasteiger partial charge in [-0.15, -0.1) is 0 Å². The van der Waals surface area contributed by atoms with E-state index in [-0.39, 0.29) is 23.6 Å². The summed E-state index contributed by atoms with van der Waals surface area (Å²) in [6.07, 6.45) is 0.401. The van der Waals surface area contributed by atoms with Crippen molar-refractivity contribution < 1.29 is 23.5 Å². The number of imide groups is 1. The third kappa shape index (κ3) is 4.50. The number of para-hydroxylation sites is 1. The molecule has 1 aliphatic rings. The largest absolute Gasteiger partial charge is 0.496 e. The third-order valence-corrected chi connectivity index (χ3v) is 5.70. The first kappa shape index (κ1) is 23.0. The average Bonchev–Trinajstić information content (AvgIpc) is 3.07. The van der Waals surface area contributed by atoms with Gasteiger partial charge in [-0.1, -0.05) is 36.4 Å². The summed E-state index contributed by atoms with van der Waals surface area (Å²) in [5.41, 5.74) is 3.26. The molecule has 0 fully saturated rings. The lowest BCUT2D eigenvalue weighted by Crippen LogP contribution is -2.34. The monoisotopic (exact) mass is 460 g/mol. The number of ether oxygens (including phenoxy) is 2. The highest BCUT2D eigenvalue weighted by molar-refractivity contribution is 6.37. The summed E-state index contributed by atoms with van der Waals surface area (Å²) in [6.45, 7) is 2.08. The second-order valence-corrected chi connectivity index (χ2v) is 7.92. The van der Waals surface area contributed by atoms with Gasteiger partial charge in [-0.25, -0.2) is 4.39 Å². The lowest BCUT2D eigenvalue weighted by atomic mass is 10.0. The van der Waals surface area contributed by atoms with Gasteiger partial charge in [0.15, 0.2) is 0 Å². The Balaban J connectivity index is 1.74. The molecule has 1 heterocycles. The first-order valence-electron chi connectivity index (χ1n) is 10.8. The van der Waals surface area contributed by atoms with E-state index in [2.05, 4.69) is 5.32 Å². The topological polar surface area (TPSA) is 67.9 Å². The highest BCUT2D eigenvalue weighted by atomic mass is 19.1. The smallest absolute Gasteiger partial charge is 0.278 e. The fourth-order valence-corrected chi connectivity index (χ4v) is 3.94. The molecule has 0 bridgehead atoms. The Morgan fingerprint density at radius 3 is 2.29 bits per heavy atom. The lowest BCUT2D eigenvalue weighted by molar-refractivity contribution is -0.136. The molecule has 34 heavy (non-hydrogen) atoms. The highest BCUT2D eigenvalue weighted by Gasteiger charge is 2.40. The van der Waals surface area contributed by atoms with Gasteiger partial charge in [-0.3, -0.25) is 14.5 Å². The van der Waals surface area contributed by atoms with Crippen molar-refractivity contribution in [3.05, 3.63) is 94.9 Å². The van der Waals surface area contributed by atoms with Gasteiger partial charge in [-0.05, 0) is 54.8 Å². The van der Waals surface area contributed by atoms with Gasteiger partial charge in [0.2, 0.25) is 0 Å². The van der Waals surface area contributed by atoms with E-state index in [0.717, 1.165) is 11.1 Å². The number of nitrogens with one attached hydrogen (secondary N) is 1. The van der Waals surface area contributed by atoms with Crippen molar-refractivity contribution in [2.24, 2.45) is 0 Å². The maximum absolute atomic E-state index is 13.5. The van der Waals surface area contributed by atoms with Gasteiger partial charge in [-0.2, -0.15) is 0 Å². The average molecular weight is 461 g/mol. The van der Waals surface area contributed by atoms with Crippen LogP contribution in [0.2, 0.25) is 0 Å². The predicted molar refractivity (Wildman–Crippen MR) is 128 cm³/mol. The van der Waals surface area contributed by atoms with Crippen LogP contribution in [0.25, 0.3) is 5.57 Å². The number of carbonyl (C=O) groups is 2. The van der Waals surface area contributed by atoms with E-state index in [1.807, 2.05) is 19.1 Å². The first-order valence-corrected chi connectivity index (χ1v) is 10.8. The lowest BCUT2D eigenvalue weighted by Gasteiger charge is -2.16. The minimum atomic E-state index is -0.448. The zero-order valence-corrected chi connectivity index (χ0v) is 19.2. The summed E-state index contributed by atoms with van der Waals surface area (Å²) in [5, 5.41) is 3.15. The fourth-order valence-electron chi connectivity index (χ4n) is 3.94. The number of halogens is 1. The number of hydrogen-bond acceptors (Lipinski definition) is 5. The molecule has 0 radical (unpaired) electrons. The zero-order chi connectivity index (χ0) is 24.2. The molecule has 0 spiro atoms. The Morgan fingerprint density at radius 1 is 0.882 bits per heavy atom. The molecule has 7 heteroatoms. The second kappa shape index (κ2) is 9.79. The van der Waals surface area contributed by atoms with E-state index in [1.54, 1.807) is 49.6 Å². The Hall–Kier alpha value is -4.13. The summed E-state index contributed by atoms with van der Waals surface area (Å²) < 4.78 is 24.2. The standard InChI is InChI=1S/C27H25FN2O4/c1-17-8-13-23(34-3)21(16-17)29-25-24(20-6-4-5-7-22(20)33-2)26(31)30(27(25)32)15-14-18-9-11-19(28)12-10-18/h4-13,16,29H,14-15H2,1-3H3. The number of aryl methyl sites for hydroxylation is 1. The van der Waals surface area contributed by atoms with E-state index in [1.165, 1.54) is 24.1 Å². The summed E-state index contributed by atoms with van der Waals surface area (Å²) in [6, 6.07) is 18.6. The van der Waals surface area contributed by atoms with Crippen LogP contribution in [-0.4, -0.2) is 37.5 Å². The van der Waals surface area contributed by atoms with Crippen molar-refractivity contribution >= 4 is 23.1 Å². The van der Waals surface area contributed by atoms with Crippen LogP contribution in [-0.2, 0) is 16.0 Å². The molecule has 3 aromatic rings. The van der Waals surface area contributed by atoms with E-state index in [4.69, 9.17) is 9.47 Å². The molecule has 0 atom stereocenters. The number of amides is 2. The van der Waals surface area contributed by atoms with Crippen LogP contribution in [0.1, 0.15) is 16.7 Å². The molecule has 0 unspecified atom stereocenters. The molecular weight excluding hydrogens is 435 g/mol. The molecule has 4 rings (SSSR count). The Bertz CT molecular complexity index is 1270. The number of rotatable bonds is 8. The van der Waals surface area contributed by atoms with E-state index in [0.29, 0.717) is 29.2 Å². The van der Waals surface area contributed by atoms with Crippen LogP contribution < -0.4 is 14.8 Å². The van der Waals surface area contributed by atoms with Crippen molar-refractivity contribution in [1.82, 2.24) is 4.90 Å². The Morgan fingerprint density at radius 2 is 1.59 bits per heavy atom. The molecular formula is C27H25FN2O4. The van der Waals surface area contributed by atoms with Crippen LogP contribution >= 0.6 is 0 Å². The van der Waals surface area contributed by atoms with Gasteiger partial charge in [0, 0.05) is 12.1 Å². The molecule has 6 nitrogen and oxygen atoms in total. The number of hydrogen-bond donors (Lipinski definition) is 1. The number of carbonyl (C=O) groups excluding carboxylic acids is 2. The fraction of sp³-hybridized carbons (Fsp3) is 0.185. The van der Waals surface area contributed by atoms with Crippen molar-refractivity contribution in [3.63, 3.8) is 0 Å². The summed E-state index contributed by atoms with van der Waals surface area (Å²) >= 11 is 0. The van der Waals surface area contributed by atoms with Gasteiger partial charge in [0.1, 0.15) is 23.0 Å². The number of methoxy groups -OCH3 is 2.